The van der Waals surface area contributed by atoms with E-state index >= 15 is 0 Å². The Labute approximate surface area is 198 Å². The van der Waals surface area contributed by atoms with Crippen molar-refractivity contribution in [3.8, 4) is 17.1 Å². The molecule has 0 bridgehead atoms. The highest BCUT2D eigenvalue weighted by Crippen LogP contribution is 2.32. The van der Waals surface area contributed by atoms with Gasteiger partial charge in [0, 0.05) is 15.6 Å². The van der Waals surface area contributed by atoms with Gasteiger partial charge in [-0.05, 0) is 30.3 Å². The number of nitrogens with one attached hydrogen (secondary N) is 1. The monoisotopic (exact) mass is 535 g/mol. The number of aromatic nitrogens is 1. The van der Waals surface area contributed by atoms with Crippen molar-refractivity contribution in [2.24, 2.45) is 5.10 Å². The van der Waals surface area contributed by atoms with Crippen molar-refractivity contribution in [3.05, 3.63) is 79.2 Å². The molecule has 1 amide bonds. The molecule has 4 aromatic rings. The molecule has 162 valence electrons. The fourth-order valence-corrected chi connectivity index (χ4v) is 3.69. The SMILES string of the molecule is O=C(COc1ccc(Br)cc1-c1ccno1)N/N=C/c1coc2c(Cl)cc(Cl)cc2c1=O. The minimum absolute atomic E-state index is 0.109. The lowest BCUT2D eigenvalue weighted by Crippen LogP contribution is -2.25. The Morgan fingerprint density at radius 3 is 2.88 bits per heavy atom. The number of fused-ring (bicyclic) bond motifs is 1. The number of ether oxygens (including phenoxy) is 1. The summed E-state index contributed by atoms with van der Waals surface area (Å²) in [5, 5.41) is 8.19. The minimum atomic E-state index is -0.538. The summed E-state index contributed by atoms with van der Waals surface area (Å²) >= 11 is 15.4. The molecule has 0 aliphatic heterocycles. The third-order valence-corrected chi connectivity index (χ3v) is 5.21. The average Bonchev–Trinajstić information content (AvgIpc) is 3.29. The van der Waals surface area contributed by atoms with Crippen molar-refractivity contribution < 1.29 is 18.5 Å². The summed E-state index contributed by atoms with van der Waals surface area (Å²) in [6.45, 7) is -0.322. The van der Waals surface area contributed by atoms with Gasteiger partial charge in [0.05, 0.1) is 33.9 Å². The number of hydrogen-bond donors (Lipinski definition) is 1. The maximum atomic E-state index is 12.6. The van der Waals surface area contributed by atoms with Crippen LogP contribution in [0.5, 0.6) is 5.75 Å². The molecule has 8 nitrogen and oxygen atoms in total. The van der Waals surface area contributed by atoms with E-state index in [0.717, 1.165) is 10.7 Å². The molecule has 0 saturated carbocycles. The van der Waals surface area contributed by atoms with Gasteiger partial charge in [-0.1, -0.05) is 44.3 Å². The summed E-state index contributed by atoms with van der Waals surface area (Å²) in [5.74, 6) is 0.375. The number of hydrazone groups is 1. The molecule has 0 aliphatic carbocycles. The molecule has 0 saturated heterocycles. The highest BCUT2D eigenvalue weighted by atomic mass is 79.9. The molecular weight excluding hydrogens is 525 g/mol. The zero-order chi connectivity index (χ0) is 22.7. The quantitative estimate of drug-likeness (QED) is 0.273. The Morgan fingerprint density at radius 2 is 2.09 bits per heavy atom. The largest absolute Gasteiger partial charge is 0.483 e. The fraction of sp³-hybridized carbons (Fsp3) is 0.0476. The Hall–Kier alpha value is -3.14. The lowest BCUT2D eigenvalue weighted by Gasteiger charge is -2.09. The van der Waals surface area contributed by atoms with Crippen molar-refractivity contribution in [1.29, 1.82) is 0 Å². The van der Waals surface area contributed by atoms with E-state index in [9.17, 15) is 9.59 Å². The maximum Gasteiger partial charge on any atom is 0.277 e. The number of rotatable bonds is 6. The van der Waals surface area contributed by atoms with Gasteiger partial charge in [-0.25, -0.2) is 5.43 Å². The van der Waals surface area contributed by atoms with E-state index in [1.54, 1.807) is 24.3 Å². The second kappa shape index (κ2) is 9.56. The lowest BCUT2D eigenvalue weighted by molar-refractivity contribution is -0.123. The predicted octanol–water partition coefficient (Wildman–Crippen LogP) is 5.05. The van der Waals surface area contributed by atoms with Crippen LogP contribution in [0.15, 0.2) is 72.2 Å². The van der Waals surface area contributed by atoms with Crippen molar-refractivity contribution in [2.45, 2.75) is 0 Å². The summed E-state index contributed by atoms with van der Waals surface area (Å²) in [5.41, 5.74) is 2.85. The van der Waals surface area contributed by atoms with Gasteiger partial charge in [0.1, 0.15) is 12.0 Å². The van der Waals surface area contributed by atoms with Gasteiger partial charge in [-0.3, -0.25) is 9.59 Å². The van der Waals surface area contributed by atoms with E-state index < -0.39 is 11.3 Å². The fourth-order valence-electron chi connectivity index (χ4n) is 2.79. The maximum absolute atomic E-state index is 12.6. The van der Waals surface area contributed by atoms with Crippen LogP contribution in [0.2, 0.25) is 10.0 Å². The normalized spacial score (nSPS) is 11.2. The predicted molar refractivity (Wildman–Crippen MR) is 123 cm³/mol. The summed E-state index contributed by atoms with van der Waals surface area (Å²) in [6, 6.07) is 9.83. The van der Waals surface area contributed by atoms with Crippen LogP contribution in [0.4, 0.5) is 0 Å². The number of halogens is 3. The first-order chi connectivity index (χ1) is 15.4. The van der Waals surface area contributed by atoms with Crippen molar-refractivity contribution in [1.82, 2.24) is 10.6 Å². The first-order valence-electron chi connectivity index (χ1n) is 8.98. The van der Waals surface area contributed by atoms with Gasteiger partial charge in [-0.15, -0.1) is 0 Å². The molecule has 0 spiro atoms. The molecule has 1 N–H and O–H groups in total. The van der Waals surface area contributed by atoms with Gasteiger partial charge in [0.2, 0.25) is 5.43 Å². The molecule has 0 radical (unpaired) electrons. The number of carbonyl (C=O) groups excluding carboxylic acids is 1. The summed E-state index contributed by atoms with van der Waals surface area (Å²) in [7, 11) is 0. The molecular formula is C21H12BrCl2N3O5. The molecule has 0 aliphatic rings. The second-order valence-corrected chi connectivity index (χ2v) is 8.14. The number of hydrogen-bond acceptors (Lipinski definition) is 7. The number of benzene rings is 2. The Balaban J connectivity index is 1.43. The van der Waals surface area contributed by atoms with Crippen molar-refractivity contribution in [3.63, 3.8) is 0 Å². The van der Waals surface area contributed by atoms with E-state index in [1.807, 2.05) is 0 Å². The molecule has 11 heteroatoms. The smallest absolute Gasteiger partial charge is 0.277 e. The van der Waals surface area contributed by atoms with Gasteiger partial charge in [-0.2, -0.15) is 5.10 Å². The van der Waals surface area contributed by atoms with Crippen LogP contribution in [0.3, 0.4) is 0 Å². The van der Waals surface area contributed by atoms with Crippen LogP contribution < -0.4 is 15.6 Å². The highest BCUT2D eigenvalue weighted by molar-refractivity contribution is 9.10. The molecule has 32 heavy (non-hydrogen) atoms. The summed E-state index contributed by atoms with van der Waals surface area (Å²) in [4.78, 5) is 24.7. The van der Waals surface area contributed by atoms with E-state index in [4.69, 9.17) is 36.9 Å². The van der Waals surface area contributed by atoms with E-state index in [-0.39, 0.29) is 28.2 Å². The highest BCUT2D eigenvalue weighted by Gasteiger charge is 2.13. The molecule has 4 rings (SSSR count). The van der Waals surface area contributed by atoms with Gasteiger partial charge in [0.15, 0.2) is 18.0 Å². The Bertz CT molecular complexity index is 1390. The average molecular weight is 537 g/mol. The van der Waals surface area contributed by atoms with Crippen LogP contribution in [-0.2, 0) is 4.79 Å². The molecule has 2 heterocycles. The van der Waals surface area contributed by atoms with E-state index in [1.165, 1.54) is 24.6 Å². The molecule has 0 fully saturated rings. The van der Waals surface area contributed by atoms with Crippen molar-refractivity contribution in [2.75, 3.05) is 6.61 Å². The van der Waals surface area contributed by atoms with Crippen LogP contribution >= 0.6 is 39.1 Å². The number of carbonyl (C=O) groups is 1. The van der Waals surface area contributed by atoms with E-state index in [2.05, 4.69) is 31.6 Å². The van der Waals surface area contributed by atoms with E-state index in [0.29, 0.717) is 22.1 Å². The van der Waals surface area contributed by atoms with Gasteiger partial charge >= 0.3 is 0 Å². The number of nitrogens with zero attached hydrogens (tertiary/aromatic N) is 2. The minimum Gasteiger partial charge on any atom is -0.483 e. The molecule has 2 aromatic heterocycles. The van der Waals surface area contributed by atoms with Crippen LogP contribution in [0.25, 0.3) is 22.3 Å². The van der Waals surface area contributed by atoms with Crippen LogP contribution in [-0.4, -0.2) is 23.9 Å². The number of amides is 1. The summed E-state index contributed by atoms with van der Waals surface area (Å²) in [6.07, 6.45) is 3.87. The van der Waals surface area contributed by atoms with Crippen LogP contribution in [0, 0.1) is 0 Å². The standard InChI is InChI=1S/C21H12BrCl2N3O5/c22-12-1-2-17(14(5-12)18-3-4-26-32-18)30-10-19(28)27-25-8-11-9-31-21-15(20(11)29)6-13(23)7-16(21)24/h1-9H,10H2,(H,27,28)/b25-8+. The lowest BCUT2D eigenvalue weighted by atomic mass is 10.1. The van der Waals surface area contributed by atoms with Gasteiger partial charge in [0.25, 0.3) is 5.91 Å². The third kappa shape index (κ3) is 4.85. The molecule has 2 aromatic carbocycles. The van der Waals surface area contributed by atoms with Gasteiger partial charge < -0.3 is 13.7 Å². The third-order valence-electron chi connectivity index (χ3n) is 4.22. The summed E-state index contributed by atoms with van der Waals surface area (Å²) < 4.78 is 16.9. The zero-order valence-electron chi connectivity index (χ0n) is 16.0. The van der Waals surface area contributed by atoms with Crippen LogP contribution in [0.1, 0.15) is 5.56 Å². The van der Waals surface area contributed by atoms with Crippen molar-refractivity contribution >= 4 is 62.2 Å². The zero-order valence-corrected chi connectivity index (χ0v) is 19.1. The first-order valence-corrected chi connectivity index (χ1v) is 10.5. The first kappa shape index (κ1) is 22.1. The Kier molecular flexibility index (Phi) is 6.59. The second-order valence-electron chi connectivity index (χ2n) is 6.38. The Morgan fingerprint density at radius 1 is 1.25 bits per heavy atom. The molecule has 0 atom stereocenters. The topological polar surface area (TPSA) is 107 Å². The molecule has 0 unspecified atom stereocenters.